The van der Waals surface area contributed by atoms with Gasteiger partial charge in [0.2, 0.25) is 5.91 Å². The third-order valence-corrected chi connectivity index (χ3v) is 4.87. The lowest BCUT2D eigenvalue weighted by Gasteiger charge is -2.15. The summed E-state index contributed by atoms with van der Waals surface area (Å²) < 4.78 is 5.01. The molecule has 1 amide bonds. The molecule has 2 aromatic carbocycles. The zero-order valence-corrected chi connectivity index (χ0v) is 16.3. The quantitative estimate of drug-likeness (QED) is 0.506. The molecule has 0 bridgehead atoms. The fourth-order valence-electron chi connectivity index (χ4n) is 3.15. The summed E-state index contributed by atoms with van der Waals surface area (Å²) in [4.78, 5) is 49.6. The molecule has 0 radical (unpaired) electrons. The zero-order chi connectivity index (χ0) is 20.8. The van der Waals surface area contributed by atoms with Crippen molar-refractivity contribution >= 4 is 29.1 Å². The SMILES string of the molecule is Cc1ccc(C(=O)CCC(=O)OCC(=O)c2ccc(N3CCCC3=O)cc2)cc1. The Bertz CT molecular complexity index is 915. The summed E-state index contributed by atoms with van der Waals surface area (Å²) in [5.41, 5.74) is 2.77. The summed E-state index contributed by atoms with van der Waals surface area (Å²) in [6, 6.07) is 13.8. The van der Waals surface area contributed by atoms with Crippen LogP contribution in [0.1, 0.15) is 52.0 Å². The molecule has 1 saturated heterocycles. The van der Waals surface area contributed by atoms with E-state index in [0.29, 0.717) is 24.1 Å². The Morgan fingerprint density at radius 2 is 1.52 bits per heavy atom. The highest BCUT2D eigenvalue weighted by Crippen LogP contribution is 2.21. The summed E-state index contributed by atoms with van der Waals surface area (Å²) in [7, 11) is 0. The topological polar surface area (TPSA) is 80.8 Å². The van der Waals surface area contributed by atoms with Crippen LogP contribution in [0, 0.1) is 6.92 Å². The summed E-state index contributed by atoms with van der Waals surface area (Å²) in [5.74, 6) is -0.973. The first kappa shape index (κ1) is 20.5. The zero-order valence-electron chi connectivity index (χ0n) is 16.3. The Kier molecular flexibility index (Phi) is 6.54. The highest BCUT2D eigenvalue weighted by Gasteiger charge is 2.21. The van der Waals surface area contributed by atoms with Gasteiger partial charge in [0.1, 0.15) is 0 Å². The predicted molar refractivity (Wildman–Crippen MR) is 108 cm³/mol. The molecule has 0 unspecified atom stereocenters. The molecular formula is C23H23NO5. The minimum atomic E-state index is -0.585. The van der Waals surface area contributed by atoms with Crippen molar-refractivity contribution in [1.29, 1.82) is 0 Å². The van der Waals surface area contributed by atoms with E-state index in [1.54, 1.807) is 41.3 Å². The molecule has 0 atom stereocenters. The predicted octanol–water partition coefficient (Wildman–Crippen LogP) is 3.51. The number of amides is 1. The molecule has 29 heavy (non-hydrogen) atoms. The van der Waals surface area contributed by atoms with Crippen LogP contribution in [0.15, 0.2) is 48.5 Å². The molecule has 1 heterocycles. The highest BCUT2D eigenvalue weighted by molar-refractivity contribution is 6.00. The van der Waals surface area contributed by atoms with Crippen LogP contribution in [0.2, 0.25) is 0 Å². The second-order valence-electron chi connectivity index (χ2n) is 7.07. The van der Waals surface area contributed by atoms with E-state index in [9.17, 15) is 19.2 Å². The molecule has 0 spiro atoms. The van der Waals surface area contributed by atoms with Gasteiger partial charge in [-0.25, -0.2) is 0 Å². The van der Waals surface area contributed by atoms with Gasteiger partial charge in [-0.2, -0.15) is 0 Å². The van der Waals surface area contributed by atoms with E-state index in [4.69, 9.17) is 4.74 Å². The maximum atomic E-state index is 12.2. The highest BCUT2D eigenvalue weighted by atomic mass is 16.5. The van der Waals surface area contributed by atoms with Crippen molar-refractivity contribution < 1.29 is 23.9 Å². The Hall–Kier alpha value is -3.28. The van der Waals surface area contributed by atoms with Gasteiger partial charge in [-0.05, 0) is 37.6 Å². The largest absolute Gasteiger partial charge is 0.457 e. The van der Waals surface area contributed by atoms with Crippen LogP contribution < -0.4 is 4.90 Å². The van der Waals surface area contributed by atoms with E-state index in [1.165, 1.54) is 0 Å². The van der Waals surface area contributed by atoms with Crippen molar-refractivity contribution in [2.45, 2.75) is 32.6 Å². The van der Waals surface area contributed by atoms with Gasteiger partial charge in [0, 0.05) is 36.2 Å². The third-order valence-electron chi connectivity index (χ3n) is 4.87. The number of benzene rings is 2. The number of nitrogens with zero attached hydrogens (tertiary/aromatic N) is 1. The van der Waals surface area contributed by atoms with E-state index in [-0.39, 0.29) is 36.9 Å². The molecule has 150 valence electrons. The number of esters is 1. The summed E-state index contributed by atoms with van der Waals surface area (Å²) in [6.45, 7) is 2.24. The summed E-state index contributed by atoms with van der Waals surface area (Å²) in [6.07, 6.45) is 1.34. The molecule has 1 aliphatic heterocycles. The Morgan fingerprint density at radius 3 is 2.14 bits per heavy atom. The van der Waals surface area contributed by atoms with Crippen molar-refractivity contribution in [1.82, 2.24) is 0 Å². The van der Waals surface area contributed by atoms with Crippen LogP contribution in [0.25, 0.3) is 0 Å². The Balaban J connectivity index is 1.44. The van der Waals surface area contributed by atoms with Gasteiger partial charge in [-0.15, -0.1) is 0 Å². The molecule has 1 aliphatic rings. The van der Waals surface area contributed by atoms with E-state index < -0.39 is 5.97 Å². The van der Waals surface area contributed by atoms with E-state index in [2.05, 4.69) is 0 Å². The molecule has 0 aliphatic carbocycles. The number of aryl methyl sites for hydroxylation is 1. The van der Waals surface area contributed by atoms with Crippen molar-refractivity contribution in [3.63, 3.8) is 0 Å². The number of hydrogen-bond acceptors (Lipinski definition) is 5. The van der Waals surface area contributed by atoms with Gasteiger partial charge < -0.3 is 9.64 Å². The standard InChI is InChI=1S/C23H23NO5/c1-16-4-6-17(7-5-16)20(25)12-13-23(28)29-15-21(26)18-8-10-19(11-9-18)24-14-2-3-22(24)27/h4-11H,2-3,12-15H2,1H3. The number of rotatable bonds is 8. The third kappa shape index (κ3) is 5.38. The molecule has 0 saturated carbocycles. The van der Waals surface area contributed by atoms with Gasteiger partial charge in [-0.1, -0.05) is 29.8 Å². The number of ether oxygens (including phenoxy) is 1. The molecule has 0 aromatic heterocycles. The Labute approximate surface area is 169 Å². The first-order valence-corrected chi connectivity index (χ1v) is 9.63. The van der Waals surface area contributed by atoms with Gasteiger partial charge in [0.15, 0.2) is 18.2 Å². The molecule has 6 nitrogen and oxygen atoms in total. The van der Waals surface area contributed by atoms with Gasteiger partial charge >= 0.3 is 5.97 Å². The lowest BCUT2D eigenvalue weighted by Crippen LogP contribution is -2.23. The van der Waals surface area contributed by atoms with Crippen molar-refractivity contribution in [3.05, 3.63) is 65.2 Å². The van der Waals surface area contributed by atoms with Crippen LogP contribution in [-0.4, -0.2) is 36.6 Å². The molecule has 0 N–H and O–H groups in total. The van der Waals surface area contributed by atoms with Crippen LogP contribution in [0.3, 0.4) is 0 Å². The van der Waals surface area contributed by atoms with E-state index in [0.717, 1.165) is 17.7 Å². The number of Topliss-reactive ketones (excluding diaryl/α,β-unsaturated/α-hetero) is 2. The van der Waals surface area contributed by atoms with Crippen molar-refractivity contribution in [3.8, 4) is 0 Å². The molecular weight excluding hydrogens is 370 g/mol. The molecule has 2 aromatic rings. The van der Waals surface area contributed by atoms with Crippen molar-refractivity contribution in [2.24, 2.45) is 0 Å². The first-order valence-electron chi connectivity index (χ1n) is 9.63. The van der Waals surface area contributed by atoms with Crippen LogP contribution in [0.4, 0.5) is 5.69 Å². The second-order valence-corrected chi connectivity index (χ2v) is 7.07. The van der Waals surface area contributed by atoms with Gasteiger partial charge in [0.25, 0.3) is 0 Å². The van der Waals surface area contributed by atoms with E-state index >= 15 is 0 Å². The molecule has 1 fully saturated rings. The van der Waals surface area contributed by atoms with Crippen LogP contribution in [-0.2, 0) is 14.3 Å². The minimum Gasteiger partial charge on any atom is -0.457 e. The molecule has 3 rings (SSSR count). The average molecular weight is 393 g/mol. The lowest BCUT2D eigenvalue weighted by atomic mass is 10.1. The number of carbonyl (C=O) groups excluding carboxylic acids is 4. The second kappa shape index (κ2) is 9.28. The Morgan fingerprint density at radius 1 is 0.897 bits per heavy atom. The van der Waals surface area contributed by atoms with Gasteiger partial charge in [-0.3, -0.25) is 19.2 Å². The fourth-order valence-corrected chi connectivity index (χ4v) is 3.15. The monoisotopic (exact) mass is 393 g/mol. The summed E-state index contributed by atoms with van der Waals surface area (Å²) >= 11 is 0. The minimum absolute atomic E-state index is 0.0364. The average Bonchev–Trinajstić information content (AvgIpc) is 3.16. The van der Waals surface area contributed by atoms with Crippen LogP contribution >= 0.6 is 0 Å². The number of carbonyl (C=O) groups is 4. The smallest absolute Gasteiger partial charge is 0.306 e. The van der Waals surface area contributed by atoms with Crippen LogP contribution in [0.5, 0.6) is 0 Å². The van der Waals surface area contributed by atoms with Crippen molar-refractivity contribution in [2.75, 3.05) is 18.1 Å². The lowest BCUT2D eigenvalue weighted by molar-refractivity contribution is -0.142. The summed E-state index contributed by atoms with van der Waals surface area (Å²) in [5, 5.41) is 0. The molecule has 6 heteroatoms. The number of hydrogen-bond donors (Lipinski definition) is 0. The number of ketones is 2. The number of anilines is 1. The normalized spacial score (nSPS) is 13.4. The fraction of sp³-hybridized carbons (Fsp3) is 0.304. The van der Waals surface area contributed by atoms with Gasteiger partial charge in [0.05, 0.1) is 6.42 Å². The van der Waals surface area contributed by atoms with E-state index in [1.807, 2.05) is 19.1 Å². The maximum absolute atomic E-state index is 12.2. The first-order chi connectivity index (χ1) is 13.9. The maximum Gasteiger partial charge on any atom is 0.306 e.